The van der Waals surface area contributed by atoms with Gasteiger partial charge in [0.15, 0.2) is 0 Å². The largest absolute Gasteiger partial charge is 0.489 e. The van der Waals surface area contributed by atoms with Crippen LogP contribution in [-0.4, -0.2) is 45.0 Å². The van der Waals surface area contributed by atoms with Gasteiger partial charge in [0.2, 0.25) is 11.8 Å². The number of nitrogens with one attached hydrogen (secondary N) is 2. The number of aromatic nitrogens is 2. The van der Waals surface area contributed by atoms with Crippen LogP contribution >= 0.6 is 0 Å². The van der Waals surface area contributed by atoms with Gasteiger partial charge in [0.25, 0.3) is 5.69 Å². The van der Waals surface area contributed by atoms with Crippen LogP contribution in [0.25, 0.3) is 10.9 Å². The van der Waals surface area contributed by atoms with Crippen molar-refractivity contribution in [2.24, 2.45) is 11.8 Å². The summed E-state index contributed by atoms with van der Waals surface area (Å²) in [7, 11) is 0. The minimum Gasteiger partial charge on any atom is -0.489 e. The first kappa shape index (κ1) is 27.5. The number of benzene rings is 2. The lowest BCUT2D eigenvalue weighted by atomic mass is 9.84. The van der Waals surface area contributed by atoms with Crippen molar-refractivity contribution >= 4 is 39.9 Å². The average Bonchev–Trinajstić information content (AvgIpc) is 2.99. The van der Waals surface area contributed by atoms with Gasteiger partial charge in [-0.2, -0.15) is 0 Å². The van der Waals surface area contributed by atoms with Crippen LogP contribution in [0, 0.1) is 28.9 Å². The number of ether oxygens (including phenoxy) is 1. The summed E-state index contributed by atoms with van der Waals surface area (Å²) in [5.74, 6) is -1.57. The Balaban J connectivity index is 1.22. The molecule has 4 aromatic rings. The molecule has 2 amide bonds. The molecule has 2 aromatic heterocycles. The summed E-state index contributed by atoms with van der Waals surface area (Å²) in [5.41, 5.74) is 4.88. The van der Waals surface area contributed by atoms with Crippen LogP contribution in [0.5, 0.6) is 5.75 Å². The predicted molar refractivity (Wildman–Crippen MR) is 151 cm³/mol. The summed E-state index contributed by atoms with van der Waals surface area (Å²) >= 11 is 0. The number of carbonyl (C=O) groups excluding carboxylic acids is 2. The second kappa shape index (κ2) is 12.0. The minimum absolute atomic E-state index is 0.102. The monoisotopic (exact) mass is 556 g/mol. The van der Waals surface area contributed by atoms with Crippen molar-refractivity contribution in [3.63, 3.8) is 0 Å². The van der Waals surface area contributed by atoms with Crippen molar-refractivity contribution in [1.82, 2.24) is 15.4 Å². The van der Waals surface area contributed by atoms with Crippen LogP contribution in [0.1, 0.15) is 17.7 Å². The highest BCUT2D eigenvalue weighted by molar-refractivity contribution is 5.96. The molecule has 1 saturated heterocycles. The zero-order chi connectivity index (χ0) is 28.9. The molecule has 3 N–H and O–H groups in total. The fraction of sp³-hybridized carbons (Fsp3) is 0.241. The lowest BCUT2D eigenvalue weighted by molar-refractivity contribution is -0.385. The molecule has 2 aromatic carbocycles. The van der Waals surface area contributed by atoms with Crippen molar-refractivity contribution in [2.45, 2.75) is 20.0 Å². The molecule has 12 heteroatoms. The molecule has 41 heavy (non-hydrogen) atoms. The topological polar surface area (TPSA) is 160 Å². The van der Waals surface area contributed by atoms with Crippen LogP contribution in [0.4, 0.5) is 17.2 Å². The van der Waals surface area contributed by atoms with Gasteiger partial charge in [0.1, 0.15) is 24.4 Å². The Bertz CT molecular complexity index is 1580. The van der Waals surface area contributed by atoms with E-state index in [2.05, 4.69) is 15.3 Å². The minimum atomic E-state index is -0.869. The lowest BCUT2D eigenvalue weighted by Gasteiger charge is -2.37. The number of rotatable bonds is 8. The number of carbonyl (C=O) groups is 2. The first-order valence-electron chi connectivity index (χ1n) is 13.0. The van der Waals surface area contributed by atoms with E-state index in [9.17, 15) is 24.9 Å². The number of fused-ring (bicyclic) bond motifs is 1. The first-order chi connectivity index (χ1) is 19.8. The quantitative estimate of drug-likeness (QED) is 0.165. The molecule has 5 rings (SSSR count). The number of hydroxylamine groups is 1. The maximum absolute atomic E-state index is 13.2. The van der Waals surface area contributed by atoms with Crippen molar-refractivity contribution in [1.29, 1.82) is 0 Å². The van der Waals surface area contributed by atoms with Gasteiger partial charge in [0, 0.05) is 41.5 Å². The number of aryl methyl sites for hydroxylation is 1. The Morgan fingerprint density at radius 2 is 1.88 bits per heavy atom. The predicted octanol–water partition coefficient (Wildman–Crippen LogP) is 4.01. The Morgan fingerprint density at radius 1 is 1.10 bits per heavy atom. The van der Waals surface area contributed by atoms with Crippen LogP contribution in [0.2, 0.25) is 0 Å². The van der Waals surface area contributed by atoms with Crippen molar-refractivity contribution in [3.8, 4) is 5.75 Å². The van der Waals surface area contributed by atoms with E-state index in [0.717, 1.165) is 28.4 Å². The SMILES string of the molecule is Cc1cc(COc2ccc(NC(=O)C3CCN(c4ccc([N+](=O)[O-])cn4)C[C@@H]3C(=O)NO)cc2)c2ccccc2n1. The molecule has 3 heterocycles. The number of piperidine rings is 1. The average molecular weight is 557 g/mol. The summed E-state index contributed by atoms with van der Waals surface area (Å²) in [6.07, 6.45) is 1.45. The Morgan fingerprint density at radius 3 is 2.59 bits per heavy atom. The van der Waals surface area contributed by atoms with Gasteiger partial charge in [-0.3, -0.25) is 29.9 Å². The van der Waals surface area contributed by atoms with Crippen LogP contribution in [0.15, 0.2) is 72.9 Å². The molecule has 0 radical (unpaired) electrons. The molecule has 0 aliphatic carbocycles. The second-order valence-electron chi connectivity index (χ2n) is 9.80. The number of nitrogens with zero attached hydrogens (tertiary/aromatic N) is 4. The van der Waals surface area contributed by atoms with E-state index in [0.29, 0.717) is 36.8 Å². The van der Waals surface area contributed by atoms with Crippen LogP contribution < -0.4 is 20.4 Å². The molecule has 0 saturated carbocycles. The van der Waals surface area contributed by atoms with Gasteiger partial charge in [0.05, 0.1) is 22.3 Å². The third-order valence-corrected chi connectivity index (χ3v) is 7.11. The highest BCUT2D eigenvalue weighted by atomic mass is 16.6. The van der Waals surface area contributed by atoms with Gasteiger partial charge in [-0.25, -0.2) is 10.5 Å². The molecule has 1 aliphatic rings. The summed E-state index contributed by atoms with van der Waals surface area (Å²) in [6.45, 7) is 2.80. The molecule has 0 spiro atoms. The Hall–Kier alpha value is -5.10. The van der Waals surface area contributed by atoms with E-state index in [4.69, 9.17) is 4.74 Å². The molecule has 210 valence electrons. The zero-order valence-electron chi connectivity index (χ0n) is 22.2. The third-order valence-electron chi connectivity index (χ3n) is 7.11. The highest BCUT2D eigenvalue weighted by Crippen LogP contribution is 2.29. The summed E-state index contributed by atoms with van der Waals surface area (Å²) in [5, 5.41) is 24.1. The van der Waals surface area contributed by atoms with E-state index >= 15 is 0 Å². The smallest absolute Gasteiger partial charge is 0.287 e. The maximum Gasteiger partial charge on any atom is 0.287 e. The number of hydrogen-bond acceptors (Lipinski definition) is 9. The molecule has 12 nitrogen and oxygen atoms in total. The maximum atomic E-state index is 13.2. The summed E-state index contributed by atoms with van der Waals surface area (Å²) in [6, 6.07) is 19.7. The molecule has 1 unspecified atom stereocenters. The Labute approximate surface area is 235 Å². The molecule has 0 bridgehead atoms. The van der Waals surface area contributed by atoms with E-state index in [1.165, 1.54) is 12.1 Å². The molecule has 1 fully saturated rings. The van der Waals surface area contributed by atoms with Gasteiger partial charge >= 0.3 is 0 Å². The van der Waals surface area contributed by atoms with Gasteiger partial charge in [-0.15, -0.1) is 0 Å². The van der Waals surface area contributed by atoms with Crippen molar-refractivity contribution < 1.29 is 24.5 Å². The lowest BCUT2D eigenvalue weighted by Crippen LogP contribution is -2.50. The van der Waals surface area contributed by atoms with Crippen molar-refractivity contribution in [3.05, 3.63) is 94.3 Å². The highest BCUT2D eigenvalue weighted by Gasteiger charge is 2.39. The van der Waals surface area contributed by atoms with E-state index in [1.807, 2.05) is 37.3 Å². The second-order valence-corrected chi connectivity index (χ2v) is 9.80. The van der Waals surface area contributed by atoms with Crippen LogP contribution in [0.3, 0.4) is 0 Å². The number of para-hydroxylation sites is 1. The van der Waals surface area contributed by atoms with E-state index in [1.54, 1.807) is 34.6 Å². The summed E-state index contributed by atoms with van der Waals surface area (Å²) in [4.78, 5) is 46.5. The fourth-order valence-electron chi connectivity index (χ4n) is 5.04. The number of amides is 2. The van der Waals surface area contributed by atoms with Gasteiger partial charge < -0.3 is 15.0 Å². The standard InChI is InChI=1S/C29H28N6O6/c1-18-14-19(23-4-2-3-5-26(23)31-18)17-41-22-9-6-20(7-10-22)32-28(36)24-12-13-34(16-25(24)29(37)33-38)27-11-8-21(15-30-27)35(39)40/h2-11,14-15,24-25,38H,12-13,16-17H2,1H3,(H,32,36)(H,33,37)/t24?,25-/m0/s1. The van der Waals surface area contributed by atoms with Gasteiger partial charge in [-0.05, 0) is 55.8 Å². The molecular formula is C29H28N6O6. The number of hydrogen-bond donors (Lipinski definition) is 3. The number of pyridine rings is 2. The molecule has 1 aliphatic heterocycles. The zero-order valence-corrected chi connectivity index (χ0v) is 22.2. The van der Waals surface area contributed by atoms with E-state index < -0.39 is 22.7 Å². The fourth-order valence-corrected chi connectivity index (χ4v) is 5.04. The number of nitro groups is 1. The molecular weight excluding hydrogens is 528 g/mol. The molecule has 2 atom stereocenters. The summed E-state index contributed by atoms with van der Waals surface area (Å²) < 4.78 is 6.00. The number of anilines is 2. The normalized spacial score (nSPS) is 16.7. The Kier molecular flexibility index (Phi) is 8.01. The third kappa shape index (κ3) is 6.23. The van der Waals surface area contributed by atoms with Crippen LogP contribution in [-0.2, 0) is 16.2 Å². The first-order valence-corrected chi connectivity index (χ1v) is 13.0. The van der Waals surface area contributed by atoms with Gasteiger partial charge in [-0.1, -0.05) is 18.2 Å². The van der Waals surface area contributed by atoms with Crippen molar-refractivity contribution in [2.75, 3.05) is 23.3 Å². The van der Waals surface area contributed by atoms with E-state index in [-0.39, 0.29) is 18.1 Å².